The van der Waals surface area contributed by atoms with Gasteiger partial charge in [-0.25, -0.2) is 0 Å². The third-order valence-electron chi connectivity index (χ3n) is 2.46. The molecular weight excluding hydrogens is 197 g/mol. The molecule has 80 valence electrons. The summed E-state index contributed by atoms with van der Waals surface area (Å²) in [6.07, 6.45) is -1.76. The number of halogens is 3. The molecule has 0 unspecified atom stereocenters. The predicted molar refractivity (Wildman–Crippen MR) is 42.6 cm³/mol. The molecule has 0 radical (unpaired) electrons. The fourth-order valence-corrected chi connectivity index (χ4v) is 1.69. The van der Waals surface area contributed by atoms with Crippen LogP contribution in [0.5, 0.6) is 0 Å². The van der Waals surface area contributed by atoms with E-state index in [1.165, 1.54) is 0 Å². The van der Waals surface area contributed by atoms with Crippen molar-refractivity contribution in [1.29, 1.82) is 0 Å². The summed E-state index contributed by atoms with van der Waals surface area (Å²) in [5, 5.41) is 0. The number of hydrogen-bond acceptors (Lipinski definition) is 2. The Morgan fingerprint density at radius 1 is 1.00 bits per heavy atom. The Morgan fingerprint density at radius 3 is 1.93 bits per heavy atom. The van der Waals surface area contributed by atoms with Crippen LogP contribution in [0.25, 0.3) is 0 Å². The smallest absolute Gasteiger partial charge is 0.290 e. The van der Waals surface area contributed by atoms with Crippen LogP contribution in [-0.2, 0) is 9.59 Å². The molecule has 0 N–H and O–H groups in total. The molecule has 1 aliphatic carbocycles. The van der Waals surface area contributed by atoms with Crippen molar-refractivity contribution in [3.8, 4) is 0 Å². The molecule has 0 aromatic carbocycles. The zero-order valence-electron chi connectivity index (χ0n) is 7.56. The molecule has 0 heterocycles. The first-order valence-corrected chi connectivity index (χ1v) is 4.58. The second-order valence-electron chi connectivity index (χ2n) is 3.53. The van der Waals surface area contributed by atoms with E-state index in [4.69, 9.17) is 0 Å². The van der Waals surface area contributed by atoms with Crippen molar-refractivity contribution in [1.82, 2.24) is 0 Å². The lowest BCUT2D eigenvalue weighted by molar-refractivity contribution is -0.175. The molecular formula is C9H11F3O2. The minimum atomic E-state index is -5.01. The summed E-state index contributed by atoms with van der Waals surface area (Å²) in [7, 11) is 0. The van der Waals surface area contributed by atoms with E-state index >= 15 is 0 Å². The maximum Gasteiger partial charge on any atom is 0.458 e. The lowest BCUT2D eigenvalue weighted by Gasteiger charge is -2.19. The molecule has 1 aliphatic rings. The standard InChI is InChI=1S/C9H11F3O2/c10-9(11,12)8(14)7(13)6-4-2-1-3-5-6/h6H,1-5H2. The average molecular weight is 208 g/mol. The molecule has 1 rings (SSSR count). The Balaban J connectivity index is 2.60. The van der Waals surface area contributed by atoms with E-state index in [9.17, 15) is 22.8 Å². The Morgan fingerprint density at radius 2 is 1.50 bits per heavy atom. The van der Waals surface area contributed by atoms with E-state index in [-0.39, 0.29) is 0 Å². The maximum atomic E-state index is 11.9. The molecule has 2 nitrogen and oxygen atoms in total. The molecule has 5 heteroatoms. The zero-order valence-corrected chi connectivity index (χ0v) is 7.56. The minimum absolute atomic E-state index is 0.417. The number of Topliss-reactive ketones (excluding diaryl/α,β-unsaturated/α-hetero) is 2. The van der Waals surface area contributed by atoms with Gasteiger partial charge in [0.2, 0.25) is 5.78 Å². The van der Waals surface area contributed by atoms with Gasteiger partial charge in [0.25, 0.3) is 0 Å². The number of carbonyl (C=O) groups excluding carboxylic acids is 2. The van der Waals surface area contributed by atoms with Crippen LogP contribution >= 0.6 is 0 Å². The lowest BCUT2D eigenvalue weighted by atomic mass is 9.85. The molecule has 0 spiro atoms. The van der Waals surface area contributed by atoms with Gasteiger partial charge in [0.1, 0.15) is 0 Å². The van der Waals surface area contributed by atoms with Gasteiger partial charge in [-0.2, -0.15) is 13.2 Å². The molecule has 0 atom stereocenters. The van der Waals surface area contributed by atoms with Crippen molar-refractivity contribution in [2.45, 2.75) is 38.3 Å². The van der Waals surface area contributed by atoms with Crippen molar-refractivity contribution in [2.75, 3.05) is 0 Å². The average Bonchev–Trinajstić information content (AvgIpc) is 2.15. The highest BCUT2D eigenvalue weighted by Crippen LogP contribution is 2.27. The number of ketones is 2. The summed E-state index contributed by atoms with van der Waals surface area (Å²) in [4.78, 5) is 21.7. The summed E-state index contributed by atoms with van der Waals surface area (Å²) in [6.45, 7) is 0. The Labute approximate surface area is 79.5 Å². The summed E-state index contributed by atoms with van der Waals surface area (Å²) in [6, 6.07) is 0. The van der Waals surface area contributed by atoms with E-state index in [0.29, 0.717) is 12.8 Å². The monoisotopic (exact) mass is 208 g/mol. The molecule has 0 bridgehead atoms. The molecule has 0 aliphatic heterocycles. The molecule has 0 amide bonds. The fourth-order valence-electron chi connectivity index (χ4n) is 1.69. The van der Waals surface area contributed by atoms with Crippen LogP contribution in [0.4, 0.5) is 13.2 Å². The second-order valence-corrected chi connectivity index (χ2v) is 3.53. The maximum absolute atomic E-state index is 11.9. The van der Waals surface area contributed by atoms with Crippen LogP contribution in [0.15, 0.2) is 0 Å². The van der Waals surface area contributed by atoms with Crippen molar-refractivity contribution in [2.24, 2.45) is 5.92 Å². The van der Waals surface area contributed by atoms with Crippen LogP contribution in [0.3, 0.4) is 0 Å². The topological polar surface area (TPSA) is 34.1 Å². The first-order chi connectivity index (χ1) is 6.43. The second kappa shape index (κ2) is 4.11. The quantitative estimate of drug-likeness (QED) is 0.652. The zero-order chi connectivity index (χ0) is 10.8. The third kappa shape index (κ3) is 2.56. The van der Waals surface area contributed by atoms with Crippen molar-refractivity contribution >= 4 is 11.6 Å². The predicted octanol–water partition coefficient (Wildman–Crippen LogP) is 2.27. The van der Waals surface area contributed by atoms with Crippen molar-refractivity contribution < 1.29 is 22.8 Å². The van der Waals surface area contributed by atoms with Crippen LogP contribution in [0.2, 0.25) is 0 Å². The molecule has 14 heavy (non-hydrogen) atoms. The Bertz CT molecular complexity index is 239. The number of carbonyl (C=O) groups is 2. The van der Waals surface area contributed by atoms with Crippen molar-refractivity contribution in [3.05, 3.63) is 0 Å². The molecule has 1 saturated carbocycles. The van der Waals surface area contributed by atoms with Crippen LogP contribution in [0, 0.1) is 5.92 Å². The largest absolute Gasteiger partial charge is 0.458 e. The van der Waals surface area contributed by atoms with Gasteiger partial charge in [-0.15, -0.1) is 0 Å². The highest BCUT2D eigenvalue weighted by atomic mass is 19.4. The molecule has 0 aromatic rings. The Kier molecular flexibility index (Phi) is 3.29. The highest BCUT2D eigenvalue weighted by molar-refractivity contribution is 6.40. The summed E-state index contributed by atoms with van der Waals surface area (Å²) >= 11 is 0. The Hall–Kier alpha value is -0.870. The van der Waals surface area contributed by atoms with Gasteiger partial charge >= 0.3 is 12.0 Å². The summed E-state index contributed by atoms with van der Waals surface area (Å²) in [5.41, 5.74) is 0. The van der Waals surface area contributed by atoms with Crippen LogP contribution in [-0.4, -0.2) is 17.7 Å². The van der Waals surface area contributed by atoms with E-state index in [1.807, 2.05) is 0 Å². The van der Waals surface area contributed by atoms with Crippen LogP contribution < -0.4 is 0 Å². The number of rotatable bonds is 2. The van der Waals surface area contributed by atoms with Gasteiger partial charge < -0.3 is 0 Å². The van der Waals surface area contributed by atoms with Gasteiger partial charge in [-0.05, 0) is 12.8 Å². The number of alkyl halides is 3. The van der Waals surface area contributed by atoms with E-state index in [2.05, 4.69) is 0 Å². The van der Waals surface area contributed by atoms with Crippen LogP contribution in [0.1, 0.15) is 32.1 Å². The lowest BCUT2D eigenvalue weighted by Crippen LogP contribution is -2.36. The molecule has 0 saturated heterocycles. The van der Waals surface area contributed by atoms with Gasteiger partial charge in [0.15, 0.2) is 0 Å². The van der Waals surface area contributed by atoms with Gasteiger partial charge in [-0.3, -0.25) is 9.59 Å². The highest BCUT2D eigenvalue weighted by Gasteiger charge is 2.45. The molecule has 1 fully saturated rings. The van der Waals surface area contributed by atoms with Crippen molar-refractivity contribution in [3.63, 3.8) is 0 Å². The van der Waals surface area contributed by atoms with Gasteiger partial charge in [-0.1, -0.05) is 19.3 Å². The summed E-state index contributed by atoms with van der Waals surface area (Å²) < 4.78 is 35.7. The van der Waals surface area contributed by atoms with E-state index < -0.39 is 23.7 Å². The third-order valence-corrected chi connectivity index (χ3v) is 2.46. The van der Waals surface area contributed by atoms with E-state index in [1.54, 1.807) is 0 Å². The first-order valence-electron chi connectivity index (χ1n) is 4.58. The number of hydrogen-bond donors (Lipinski definition) is 0. The first kappa shape index (κ1) is 11.2. The SMILES string of the molecule is O=C(C(=O)C(F)(F)F)C1CCCCC1. The fraction of sp³-hybridized carbons (Fsp3) is 0.778. The van der Waals surface area contributed by atoms with Gasteiger partial charge in [0.05, 0.1) is 0 Å². The minimum Gasteiger partial charge on any atom is -0.290 e. The summed E-state index contributed by atoms with van der Waals surface area (Å²) in [5.74, 6) is -4.14. The molecule has 0 aromatic heterocycles. The van der Waals surface area contributed by atoms with Gasteiger partial charge in [0, 0.05) is 5.92 Å². The van der Waals surface area contributed by atoms with E-state index in [0.717, 1.165) is 19.3 Å². The normalized spacial score (nSPS) is 19.4.